The van der Waals surface area contributed by atoms with Crippen LogP contribution >= 0.6 is 0 Å². The van der Waals surface area contributed by atoms with Gasteiger partial charge in [0.1, 0.15) is 0 Å². The quantitative estimate of drug-likeness (QED) is 0.841. The molecule has 1 aliphatic heterocycles. The van der Waals surface area contributed by atoms with Crippen LogP contribution in [0.1, 0.15) is 45.4 Å². The third kappa shape index (κ3) is 5.19. The van der Waals surface area contributed by atoms with Gasteiger partial charge in [-0.15, -0.1) is 0 Å². The Morgan fingerprint density at radius 3 is 2.43 bits per heavy atom. The van der Waals surface area contributed by atoms with Crippen molar-refractivity contribution in [1.82, 2.24) is 4.98 Å². The van der Waals surface area contributed by atoms with Gasteiger partial charge in [-0.25, -0.2) is 4.98 Å². The summed E-state index contributed by atoms with van der Waals surface area (Å²) < 4.78 is 17.4. The van der Waals surface area contributed by atoms with Crippen LogP contribution in [0.5, 0.6) is 5.88 Å². The molecule has 128 valence electrons. The van der Waals surface area contributed by atoms with E-state index in [4.69, 9.17) is 14.0 Å². The Morgan fingerprint density at radius 1 is 1.30 bits per heavy atom. The molecule has 0 spiro atoms. The van der Waals surface area contributed by atoms with Crippen LogP contribution in [-0.4, -0.2) is 42.6 Å². The van der Waals surface area contributed by atoms with E-state index in [0.29, 0.717) is 32.1 Å². The van der Waals surface area contributed by atoms with Gasteiger partial charge >= 0.3 is 7.12 Å². The Hall–Kier alpha value is -1.11. The van der Waals surface area contributed by atoms with Gasteiger partial charge in [-0.2, -0.15) is 0 Å². The summed E-state index contributed by atoms with van der Waals surface area (Å²) in [5, 5.41) is 9.73. The molecule has 0 unspecified atom stereocenters. The Balaban J connectivity index is 2.06. The lowest BCUT2D eigenvalue weighted by Gasteiger charge is -2.33. The van der Waals surface area contributed by atoms with Crippen molar-refractivity contribution in [2.75, 3.05) is 19.8 Å². The zero-order valence-electron chi connectivity index (χ0n) is 15.1. The van der Waals surface area contributed by atoms with Gasteiger partial charge in [0.15, 0.2) is 0 Å². The molecule has 0 amide bonds. The Morgan fingerprint density at radius 2 is 1.91 bits per heavy atom. The maximum absolute atomic E-state index is 9.73. The number of nitrogens with zero attached hydrogens (tertiary/aromatic N) is 1. The first-order chi connectivity index (χ1) is 10.6. The third-order valence-corrected chi connectivity index (χ3v) is 3.88. The van der Waals surface area contributed by atoms with Gasteiger partial charge in [0, 0.05) is 42.3 Å². The minimum atomic E-state index is -0.736. The second-order valence-electron chi connectivity index (χ2n) is 7.81. The normalized spacial score (nSPS) is 18.1. The summed E-state index contributed by atoms with van der Waals surface area (Å²) in [6.07, 6.45) is 0.554. The first kappa shape index (κ1) is 18.2. The van der Waals surface area contributed by atoms with Crippen LogP contribution < -0.4 is 10.2 Å². The molecule has 0 saturated carbocycles. The van der Waals surface area contributed by atoms with Crippen LogP contribution in [0.3, 0.4) is 0 Å². The highest BCUT2D eigenvalue weighted by Crippen LogP contribution is 2.23. The minimum absolute atomic E-state index is 0.0475. The molecular weight excluding hydrogens is 293 g/mol. The van der Waals surface area contributed by atoms with Crippen LogP contribution in [0.25, 0.3) is 0 Å². The number of aromatic nitrogens is 1. The molecule has 23 heavy (non-hydrogen) atoms. The fraction of sp³-hybridized carbons (Fsp3) is 0.706. The first-order valence-electron chi connectivity index (χ1n) is 8.14. The van der Waals surface area contributed by atoms with Gasteiger partial charge in [0.05, 0.1) is 12.2 Å². The van der Waals surface area contributed by atoms with Gasteiger partial charge in [-0.3, -0.25) is 0 Å². The second kappa shape index (κ2) is 6.79. The highest BCUT2D eigenvalue weighted by atomic mass is 16.6. The monoisotopic (exact) mass is 321 g/mol. The molecule has 0 aliphatic carbocycles. The third-order valence-electron chi connectivity index (χ3n) is 3.88. The van der Waals surface area contributed by atoms with Gasteiger partial charge in [-0.05, 0) is 33.3 Å². The largest absolute Gasteiger partial charge is 0.496 e. The SMILES string of the molecule is Cc1cc(OCCC(C)(C)O)nc(C)c1B1OCC(C)(C)CO1. The van der Waals surface area contributed by atoms with Crippen LogP contribution in [0.4, 0.5) is 0 Å². The fourth-order valence-electron chi connectivity index (χ4n) is 2.50. The van der Waals surface area contributed by atoms with E-state index in [9.17, 15) is 5.11 Å². The molecule has 1 aliphatic rings. The van der Waals surface area contributed by atoms with E-state index >= 15 is 0 Å². The Bertz CT molecular complexity index is 521. The highest BCUT2D eigenvalue weighted by molar-refractivity contribution is 6.62. The molecule has 0 aromatic carbocycles. The maximum atomic E-state index is 9.73. The fourth-order valence-corrected chi connectivity index (χ4v) is 2.50. The van der Waals surface area contributed by atoms with Gasteiger partial charge in [0.25, 0.3) is 0 Å². The van der Waals surface area contributed by atoms with Crippen LogP contribution in [0, 0.1) is 19.3 Å². The number of pyridine rings is 1. The summed E-state index contributed by atoms with van der Waals surface area (Å²) in [6.45, 7) is 13.5. The molecule has 2 rings (SSSR count). The Kier molecular flexibility index (Phi) is 5.39. The molecule has 1 N–H and O–H groups in total. The molecule has 1 fully saturated rings. The molecule has 1 aromatic rings. The van der Waals surface area contributed by atoms with Crippen molar-refractivity contribution in [3.8, 4) is 5.88 Å². The summed E-state index contributed by atoms with van der Waals surface area (Å²) in [5.41, 5.74) is 2.19. The number of hydrogen-bond acceptors (Lipinski definition) is 5. The van der Waals surface area contributed by atoms with E-state index in [-0.39, 0.29) is 12.5 Å². The van der Waals surface area contributed by atoms with Gasteiger partial charge in [-0.1, -0.05) is 13.8 Å². The van der Waals surface area contributed by atoms with Crippen molar-refractivity contribution in [3.63, 3.8) is 0 Å². The minimum Gasteiger partial charge on any atom is -0.478 e. The molecule has 0 bridgehead atoms. The summed E-state index contributed by atoms with van der Waals surface area (Å²) in [6, 6.07) is 1.90. The van der Waals surface area contributed by atoms with Crippen molar-refractivity contribution >= 4 is 12.6 Å². The number of rotatable bonds is 5. The molecule has 2 heterocycles. The maximum Gasteiger partial charge on any atom is 0.496 e. The van der Waals surface area contributed by atoms with E-state index < -0.39 is 5.60 Å². The molecule has 0 radical (unpaired) electrons. The summed E-state index contributed by atoms with van der Waals surface area (Å²) in [4.78, 5) is 4.50. The number of ether oxygens (including phenoxy) is 1. The van der Waals surface area contributed by atoms with E-state index in [1.807, 2.05) is 19.9 Å². The average Bonchev–Trinajstić information content (AvgIpc) is 2.38. The first-order valence-corrected chi connectivity index (χ1v) is 8.14. The predicted molar refractivity (Wildman–Crippen MR) is 91.2 cm³/mol. The smallest absolute Gasteiger partial charge is 0.478 e. The lowest BCUT2D eigenvalue weighted by molar-refractivity contribution is 0.0342. The van der Waals surface area contributed by atoms with Gasteiger partial charge in [0.2, 0.25) is 5.88 Å². The Labute approximate surface area is 139 Å². The van der Waals surface area contributed by atoms with E-state index in [1.54, 1.807) is 13.8 Å². The van der Waals surface area contributed by atoms with Crippen LogP contribution in [-0.2, 0) is 9.31 Å². The average molecular weight is 321 g/mol. The summed E-state index contributed by atoms with van der Waals surface area (Å²) >= 11 is 0. The van der Waals surface area contributed by atoms with Crippen LogP contribution in [0.2, 0.25) is 0 Å². The summed E-state index contributed by atoms with van der Waals surface area (Å²) in [7, 11) is -0.360. The topological polar surface area (TPSA) is 60.8 Å². The predicted octanol–water partition coefficient (Wildman–Crippen LogP) is 2.01. The summed E-state index contributed by atoms with van der Waals surface area (Å²) in [5.74, 6) is 0.573. The molecule has 1 saturated heterocycles. The van der Waals surface area contributed by atoms with Crippen molar-refractivity contribution in [2.24, 2.45) is 5.41 Å². The standard InChI is InChI=1S/C17H28BNO4/c1-12-9-14(21-8-7-17(5,6)20)19-13(2)15(12)18-22-10-16(3,4)11-23-18/h9,20H,7-8,10-11H2,1-6H3. The number of aryl methyl sites for hydroxylation is 2. The molecule has 6 heteroatoms. The molecule has 1 aromatic heterocycles. The van der Waals surface area contributed by atoms with E-state index in [1.165, 1.54) is 0 Å². The number of aliphatic hydroxyl groups is 1. The van der Waals surface area contributed by atoms with E-state index in [2.05, 4.69) is 18.8 Å². The lowest BCUT2D eigenvalue weighted by Crippen LogP contribution is -2.49. The second-order valence-corrected chi connectivity index (χ2v) is 7.81. The van der Waals surface area contributed by atoms with Crippen molar-refractivity contribution < 1.29 is 19.2 Å². The van der Waals surface area contributed by atoms with Crippen molar-refractivity contribution in [2.45, 2.75) is 53.6 Å². The number of hydrogen-bond donors (Lipinski definition) is 1. The van der Waals surface area contributed by atoms with Crippen molar-refractivity contribution in [1.29, 1.82) is 0 Å². The molecular formula is C17H28BNO4. The molecule has 0 atom stereocenters. The zero-order valence-corrected chi connectivity index (χ0v) is 15.1. The van der Waals surface area contributed by atoms with Gasteiger partial charge < -0.3 is 19.2 Å². The lowest BCUT2D eigenvalue weighted by atomic mass is 9.73. The van der Waals surface area contributed by atoms with Crippen molar-refractivity contribution in [3.05, 3.63) is 17.3 Å². The highest BCUT2D eigenvalue weighted by Gasteiger charge is 2.35. The van der Waals surface area contributed by atoms with E-state index in [0.717, 1.165) is 16.7 Å². The molecule has 5 nitrogen and oxygen atoms in total. The van der Waals surface area contributed by atoms with Crippen LogP contribution in [0.15, 0.2) is 6.07 Å². The zero-order chi connectivity index (χ0) is 17.3.